The molecule has 3 nitrogen and oxygen atoms in total. The summed E-state index contributed by atoms with van der Waals surface area (Å²) in [6, 6.07) is 1.86. The van der Waals surface area contributed by atoms with E-state index in [1.165, 1.54) is 37.0 Å². The summed E-state index contributed by atoms with van der Waals surface area (Å²) in [4.78, 5) is 12.8. The van der Waals surface area contributed by atoms with Crippen LogP contribution in [0.4, 0.5) is 0 Å². The largest absolute Gasteiger partial charge is 0.395 e. The van der Waals surface area contributed by atoms with Crippen LogP contribution >= 0.6 is 11.3 Å². The van der Waals surface area contributed by atoms with Gasteiger partial charge in [-0.05, 0) is 23.8 Å². The molecule has 0 atom stereocenters. The van der Waals surface area contributed by atoms with Crippen LogP contribution in [-0.4, -0.2) is 24.2 Å². The normalized spacial score (nSPS) is 14.8. The molecule has 1 amide bonds. The Kier molecular flexibility index (Phi) is 6.10. The van der Waals surface area contributed by atoms with Crippen LogP contribution in [0.5, 0.6) is 0 Å². The summed E-state index contributed by atoms with van der Waals surface area (Å²) in [7, 11) is 0. The van der Waals surface area contributed by atoms with E-state index in [1.807, 2.05) is 11.4 Å². The van der Waals surface area contributed by atoms with Crippen molar-refractivity contribution in [1.29, 1.82) is 0 Å². The number of nitrogens with one attached hydrogen (secondary N) is 1. The standard InChI is InChI=1S/C16H21NO2S/c18-11-4-3-7-14-9-12-20-15(14)16(19)17-10-8-13-5-1-2-6-13/h9,12-13,18H,1-2,4-6,8,10-11H2,(H,17,19). The van der Waals surface area contributed by atoms with Crippen LogP contribution in [0.2, 0.25) is 0 Å². The molecule has 0 unspecified atom stereocenters. The fourth-order valence-corrected chi connectivity index (χ4v) is 3.33. The van der Waals surface area contributed by atoms with E-state index < -0.39 is 0 Å². The third-order valence-electron chi connectivity index (χ3n) is 3.64. The van der Waals surface area contributed by atoms with Crippen molar-refractivity contribution in [2.45, 2.75) is 38.5 Å². The van der Waals surface area contributed by atoms with Crippen molar-refractivity contribution in [3.63, 3.8) is 0 Å². The average molecular weight is 291 g/mol. The van der Waals surface area contributed by atoms with Gasteiger partial charge in [-0.25, -0.2) is 0 Å². The van der Waals surface area contributed by atoms with Gasteiger partial charge in [0, 0.05) is 18.5 Å². The molecule has 108 valence electrons. The number of aliphatic hydroxyl groups excluding tert-OH is 1. The highest BCUT2D eigenvalue weighted by Crippen LogP contribution is 2.27. The second-order valence-electron chi connectivity index (χ2n) is 5.13. The van der Waals surface area contributed by atoms with Gasteiger partial charge in [-0.1, -0.05) is 37.5 Å². The summed E-state index contributed by atoms with van der Waals surface area (Å²) in [5.41, 5.74) is 0.766. The SMILES string of the molecule is O=C(NCCC1CCCC1)c1sccc1C#CCCO. The zero-order valence-electron chi connectivity index (χ0n) is 11.7. The van der Waals surface area contributed by atoms with Crippen LogP contribution in [0.1, 0.15) is 53.8 Å². The Hall–Kier alpha value is -1.31. The van der Waals surface area contributed by atoms with E-state index in [1.54, 1.807) is 0 Å². The lowest BCUT2D eigenvalue weighted by molar-refractivity contribution is 0.0955. The fourth-order valence-electron chi connectivity index (χ4n) is 2.57. The predicted octanol–water partition coefficient (Wildman–Crippen LogP) is 2.79. The van der Waals surface area contributed by atoms with Crippen molar-refractivity contribution >= 4 is 17.2 Å². The van der Waals surface area contributed by atoms with Gasteiger partial charge in [0.1, 0.15) is 4.88 Å². The molecule has 1 heterocycles. The summed E-state index contributed by atoms with van der Waals surface area (Å²) in [6.45, 7) is 0.810. The first-order valence-electron chi connectivity index (χ1n) is 7.26. The van der Waals surface area contributed by atoms with Crippen LogP contribution in [0.15, 0.2) is 11.4 Å². The summed E-state index contributed by atoms with van der Waals surface area (Å²) in [5.74, 6) is 6.58. The van der Waals surface area contributed by atoms with E-state index in [0.717, 1.165) is 24.4 Å². The van der Waals surface area contributed by atoms with Crippen molar-refractivity contribution in [1.82, 2.24) is 5.32 Å². The Morgan fingerprint density at radius 2 is 2.25 bits per heavy atom. The number of carbonyl (C=O) groups is 1. The molecule has 1 aliphatic rings. The minimum absolute atomic E-state index is 0.0219. The van der Waals surface area contributed by atoms with Gasteiger partial charge < -0.3 is 10.4 Å². The van der Waals surface area contributed by atoms with Crippen molar-refractivity contribution in [3.8, 4) is 11.8 Å². The first-order chi connectivity index (χ1) is 9.81. The van der Waals surface area contributed by atoms with Crippen molar-refractivity contribution < 1.29 is 9.90 Å². The van der Waals surface area contributed by atoms with Crippen LogP contribution in [-0.2, 0) is 0 Å². The summed E-state index contributed by atoms with van der Waals surface area (Å²) in [5, 5.41) is 13.6. The van der Waals surface area contributed by atoms with E-state index in [-0.39, 0.29) is 12.5 Å². The maximum Gasteiger partial charge on any atom is 0.262 e. The molecular formula is C16H21NO2S. The molecule has 1 aromatic rings. The maximum absolute atomic E-state index is 12.1. The number of carbonyl (C=O) groups excluding carboxylic acids is 1. The van der Waals surface area contributed by atoms with E-state index in [0.29, 0.717) is 11.3 Å². The Morgan fingerprint density at radius 3 is 3.00 bits per heavy atom. The monoisotopic (exact) mass is 291 g/mol. The fraction of sp³-hybridized carbons (Fsp3) is 0.562. The number of thiophene rings is 1. The number of hydrogen-bond donors (Lipinski definition) is 2. The quantitative estimate of drug-likeness (QED) is 0.820. The maximum atomic E-state index is 12.1. The molecule has 1 aromatic heterocycles. The zero-order chi connectivity index (χ0) is 14.2. The second-order valence-corrected chi connectivity index (χ2v) is 6.05. The highest BCUT2D eigenvalue weighted by Gasteiger charge is 2.16. The molecule has 0 aliphatic heterocycles. The van der Waals surface area contributed by atoms with Gasteiger partial charge in [0.2, 0.25) is 0 Å². The van der Waals surface area contributed by atoms with Crippen LogP contribution in [0.3, 0.4) is 0 Å². The number of amides is 1. The summed E-state index contributed by atoms with van der Waals surface area (Å²) in [6.07, 6.45) is 6.84. The number of aliphatic hydroxyl groups is 1. The Labute approximate surface area is 124 Å². The van der Waals surface area contributed by atoms with Gasteiger partial charge >= 0.3 is 0 Å². The molecule has 1 aliphatic carbocycles. The highest BCUT2D eigenvalue weighted by molar-refractivity contribution is 7.12. The van der Waals surface area contributed by atoms with Gasteiger partial charge in [-0.2, -0.15) is 0 Å². The molecule has 0 radical (unpaired) electrons. The van der Waals surface area contributed by atoms with Crippen LogP contribution < -0.4 is 5.32 Å². The lowest BCUT2D eigenvalue weighted by Crippen LogP contribution is -2.25. The Bertz CT molecular complexity index is 492. The molecule has 1 fully saturated rings. The summed E-state index contributed by atoms with van der Waals surface area (Å²) < 4.78 is 0. The first kappa shape index (κ1) is 15.1. The van der Waals surface area contributed by atoms with Gasteiger partial charge in [0.05, 0.1) is 6.61 Å². The molecule has 0 spiro atoms. The van der Waals surface area contributed by atoms with Crippen LogP contribution in [0.25, 0.3) is 0 Å². The zero-order valence-corrected chi connectivity index (χ0v) is 12.5. The third-order valence-corrected chi connectivity index (χ3v) is 4.56. The van der Waals surface area contributed by atoms with Crippen molar-refractivity contribution in [2.24, 2.45) is 5.92 Å². The van der Waals surface area contributed by atoms with Crippen molar-refractivity contribution in [3.05, 3.63) is 21.9 Å². The molecule has 2 rings (SSSR count). The number of rotatable bonds is 5. The van der Waals surface area contributed by atoms with Gasteiger partial charge in [-0.15, -0.1) is 11.3 Å². The molecule has 20 heavy (non-hydrogen) atoms. The molecule has 4 heteroatoms. The second kappa shape index (κ2) is 8.08. The van der Waals surface area contributed by atoms with Crippen LogP contribution in [0, 0.1) is 17.8 Å². The van der Waals surface area contributed by atoms with E-state index in [9.17, 15) is 4.79 Å². The average Bonchev–Trinajstić information content (AvgIpc) is 3.10. The van der Waals surface area contributed by atoms with Crippen molar-refractivity contribution in [2.75, 3.05) is 13.2 Å². The van der Waals surface area contributed by atoms with Gasteiger partial charge in [0.15, 0.2) is 0 Å². The third kappa shape index (κ3) is 4.36. The molecule has 1 saturated carbocycles. The Morgan fingerprint density at radius 1 is 1.45 bits per heavy atom. The molecule has 0 saturated heterocycles. The molecule has 2 N–H and O–H groups in total. The lowest BCUT2D eigenvalue weighted by Gasteiger charge is -2.09. The minimum atomic E-state index is -0.0219. The summed E-state index contributed by atoms with van der Waals surface area (Å²) >= 11 is 1.42. The highest BCUT2D eigenvalue weighted by atomic mass is 32.1. The molecule has 0 bridgehead atoms. The Balaban J connectivity index is 1.83. The lowest BCUT2D eigenvalue weighted by atomic mass is 10.0. The first-order valence-corrected chi connectivity index (χ1v) is 8.14. The smallest absolute Gasteiger partial charge is 0.262 e. The van der Waals surface area contributed by atoms with Gasteiger partial charge in [-0.3, -0.25) is 4.79 Å². The number of hydrogen-bond acceptors (Lipinski definition) is 3. The molecular weight excluding hydrogens is 270 g/mol. The van der Waals surface area contributed by atoms with E-state index in [4.69, 9.17) is 5.11 Å². The van der Waals surface area contributed by atoms with E-state index in [2.05, 4.69) is 17.2 Å². The topological polar surface area (TPSA) is 49.3 Å². The van der Waals surface area contributed by atoms with Gasteiger partial charge in [0.25, 0.3) is 5.91 Å². The van der Waals surface area contributed by atoms with E-state index >= 15 is 0 Å². The molecule has 0 aromatic carbocycles. The minimum Gasteiger partial charge on any atom is -0.395 e. The predicted molar refractivity (Wildman–Crippen MR) is 81.8 cm³/mol.